The predicted molar refractivity (Wildman–Crippen MR) is 65.4 cm³/mol. The van der Waals surface area contributed by atoms with Crippen LogP contribution in [0.5, 0.6) is 0 Å². The lowest BCUT2D eigenvalue weighted by molar-refractivity contribution is -0.117. The number of hydrogen-bond acceptors (Lipinski definition) is 2. The number of nitrogens with one attached hydrogen (secondary N) is 1. The molecule has 0 saturated carbocycles. The van der Waals surface area contributed by atoms with E-state index in [1.165, 1.54) is 0 Å². The summed E-state index contributed by atoms with van der Waals surface area (Å²) in [4.78, 5) is 13.5. The summed E-state index contributed by atoms with van der Waals surface area (Å²) in [5, 5.41) is 3.13. The Morgan fingerprint density at radius 2 is 2.27 bits per heavy atom. The molecule has 15 heavy (non-hydrogen) atoms. The van der Waals surface area contributed by atoms with Crippen LogP contribution in [-0.2, 0) is 4.79 Å². The summed E-state index contributed by atoms with van der Waals surface area (Å²) in [7, 11) is 0. The minimum Gasteiger partial charge on any atom is -0.374 e. The maximum atomic E-state index is 11.7. The van der Waals surface area contributed by atoms with Crippen molar-refractivity contribution in [2.75, 3.05) is 23.3 Å². The van der Waals surface area contributed by atoms with Gasteiger partial charge in [0.1, 0.15) is 0 Å². The molecule has 0 aromatic heterocycles. The van der Waals surface area contributed by atoms with Gasteiger partial charge in [-0.15, -0.1) is 0 Å². The monoisotopic (exact) mass is 268 g/mol. The lowest BCUT2D eigenvalue weighted by Gasteiger charge is -2.30. The second-order valence-corrected chi connectivity index (χ2v) is 4.49. The SMILES string of the molecule is CCN1C(=O)CNc2c(Br)cc(C)cc21. The normalized spacial score (nSPS) is 14.9. The fourth-order valence-electron chi connectivity index (χ4n) is 1.85. The minimum absolute atomic E-state index is 0.127. The van der Waals surface area contributed by atoms with Crippen LogP contribution in [0.3, 0.4) is 0 Å². The van der Waals surface area contributed by atoms with Crippen molar-refractivity contribution in [3.05, 3.63) is 22.2 Å². The number of amides is 1. The number of carbonyl (C=O) groups excluding carboxylic acids is 1. The Bertz CT molecular complexity index is 417. The first kappa shape index (κ1) is 10.5. The van der Waals surface area contributed by atoms with E-state index in [-0.39, 0.29) is 5.91 Å². The Kier molecular flexibility index (Phi) is 2.69. The van der Waals surface area contributed by atoms with E-state index in [0.717, 1.165) is 21.4 Å². The molecule has 0 unspecified atom stereocenters. The molecule has 1 aromatic carbocycles. The van der Waals surface area contributed by atoms with Crippen LogP contribution in [0.1, 0.15) is 12.5 Å². The van der Waals surface area contributed by atoms with Crippen molar-refractivity contribution in [1.82, 2.24) is 0 Å². The summed E-state index contributed by atoms with van der Waals surface area (Å²) < 4.78 is 1.02. The summed E-state index contributed by atoms with van der Waals surface area (Å²) in [5.41, 5.74) is 3.14. The molecule has 0 spiro atoms. The number of carbonyl (C=O) groups is 1. The fraction of sp³-hybridized carbons (Fsp3) is 0.364. The average Bonchev–Trinajstić information content (AvgIpc) is 2.17. The van der Waals surface area contributed by atoms with Crippen molar-refractivity contribution in [1.29, 1.82) is 0 Å². The number of nitrogens with zero attached hydrogens (tertiary/aromatic N) is 1. The predicted octanol–water partition coefficient (Wildman–Crippen LogP) is 2.54. The Hall–Kier alpha value is -1.03. The average molecular weight is 269 g/mol. The lowest BCUT2D eigenvalue weighted by atomic mass is 10.1. The highest BCUT2D eigenvalue weighted by molar-refractivity contribution is 9.10. The first-order chi connectivity index (χ1) is 7.13. The number of benzene rings is 1. The van der Waals surface area contributed by atoms with Gasteiger partial charge < -0.3 is 10.2 Å². The van der Waals surface area contributed by atoms with Gasteiger partial charge in [-0.25, -0.2) is 0 Å². The molecule has 0 aliphatic carbocycles. The number of aryl methyl sites for hydroxylation is 1. The molecule has 0 radical (unpaired) electrons. The maximum Gasteiger partial charge on any atom is 0.246 e. The Morgan fingerprint density at radius 1 is 1.53 bits per heavy atom. The topological polar surface area (TPSA) is 32.3 Å². The Balaban J connectivity index is 2.57. The molecule has 1 aromatic rings. The smallest absolute Gasteiger partial charge is 0.246 e. The van der Waals surface area contributed by atoms with Crippen molar-refractivity contribution >= 4 is 33.2 Å². The van der Waals surface area contributed by atoms with E-state index in [2.05, 4.69) is 27.3 Å². The van der Waals surface area contributed by atoms with Gasteiger partial charge in [-0.2, -0.15) is 0 Å². The van der Waals surface area contributed by atoms with Crippen LogP contribution in [0.4, 0.5) is 11.4 Å². The largest absolute Gasteiger partial charge is 0.374 e. The molecule has 3 nitrogen and oxygen atoms in total. The molecule has 1 N–H and O–H groups in total. The standard InChI is InChI=1S/C11H13BrN2O/c1-3-14-9-5-7(2)4-8(12)11(9)13-6-10(14)15/h4-5,13H,3,6H2,1-2H3. The van der Waals surface area contributed by atoms with E-state index in [1.807, 2.05) is 24.8 Å². The lowest BCUT2D eigenvalue weighted by Crippen LogP contribution is -2.39. The summed E-state index contributed by atoms with van der Waals surface area (Å²) in [6.07, 6.45) is 0. The van der Waals surface area contributed by atoms with Gasteiger partial charge >= 0.3 is 0 Å². The highest BCUT2D eigenvalue weighted by Gasteiger charge is 2.24. The zero-order valence-corrected chi connectivity index (χ0v) is 10.4. The molecule has 0 atom stereocenters. The highest BCUT2D eigenvalue weighted by atomic mass is 79.9. The summed E-state index contributed by atoms with van der Waals surface area (Å²) in [5.74, 6) is 0.127. The number of likely N-dealkylation sites (N-methyl/N-ethyl adjacent to an activating group) is 1. The highest BCUT2D eigenvalue weighted by Crippen LogP contribution is 2.36. The quantitative estimate of drug-likeness (QED) is 0.849. The van der Waals surface area contributed by atoms with Gasteiger partial charge in [0.15, 0.2) is 0 Å². The molecular formula is C11H13BrN2O. The minimum atomic E-state index is 0.127. The Labute approximate surface area is 97.6 Å². The van der Waals surface area contributed by atoms with E-state index >= 15 is 0 Å². The first-order valence-corrected chi connectivity index (χ1v) is 5.77. The van der Waals surface area contributed by atoms with E-state index in [0.29, 0.717) is 13.1 Å². The fourth-order valence-corrected chi connectivity index (χ4v) is 2.56. The molecule has 80 valence electrons. The van der Waals surface area contributed by atoms with Gasteiger partial charge in [0, 0.05) is 11.0 Å². The van der Waals surface area contributed by atoms with Crippen LogP contribution in [0.25, 0.3) is 0 Å². The zero-order chi connectivity index (χ0) is 11.0. The van der Waals surface area contributed by atoms with Crippen LogP contribution in [0.15, 0.2) is 16.6 Å². The molecular weight excluding hydrogens is 256 g/mol. The molecule has 1 aliphatic heterocycles. The van der Waals surface area contributed by atoms with Crippen LogP contribution in [0, 0.1) is 6.92 Å². The van der Waals surface area contributed by atoms with Gasteiger partial charge in [0.25, 0.3) is 0 Å². The van der Waals surface area contributed by atoms with E-state index in [1.54, 1.807) is 0 Å². The summed E-state index contributed by atoms with van der Waals surface area (Å²) in [6, 6.07) is 4.09. The van der Waals surface area contributed by atoms with Gasteiger partial charge in [0.05, 0.1) is 17.9 Å². The second-order valence-electron chi connectivity index (χ2n) is 3.63. The number of fused-ring (bicyclic) bond motifs is 1. The van der Waals surface area contributed by atoms with Gasteiger partial charge in [-0.3, -0.25) is 4.79 Å². The maximum absolute atomic E-state index is 11.7. The van der Waals surface area contributed by atoms with Crippen molar-refractivity contribution in [3.63, 3.8) is 0 Å². The van der Waals surface area contributed by atoms with Crippen LogP contribution in [-0.4, -0.2) is 19.0 Å². The van der Waals surface area contributed by atoms with Gasteiger partial charge in [0.2, 0.25) is 5.91 Å². The number of rotatable bonds is 1. The third-order valence-electron chi connectivity index (χ3n) is 2.54. The summed E-state index contributed by atoms with van der Waals surface area (Å²) >= 11 is 3.51. The first-order valence-electron chi connectivity index (χ1n) is 4.98. The van der Waals surface area contributed by atoms with Crippen molar-refractivity contribution < 1.29 is 4.79 Å². The number of anilines is 2. The molecule has 1 heterocycles. The molecule has 0 saturated heterocycles. The van der Waals surface area contributed by atoms with Crippen molar-refractivity contribution in [2.45, 2.75) is 13.8 Å². The van der Waals surface area contributed by atoms with E-state index < -0.39 is 0 Å². The van der Waals surface area contributed by atoms with E-state index in [9.17, 15) is 4.79 Å². The number of hydrogen-bond donors (Lipinski definition) is 1. The Morgan fingerprint density at radius 3 is 2.93 bits per heavy atom. The van der Waals surface area contributed by atoms with Crippen LogP contribution >= 0.6 is 15.9 Å². The molecule has 4 heteroatoms. The second kappa shape index (κ2) is 3.85. The summed E-state index contributed by atoms with van der Waals surface area (Å²) in [6.45, 7) is 5.10. The van der Waals surface area contributed by atoms with Gasteiger partial charge in [-0.1, -0.05) is 0 Å². The van der Waals surface area contributed by atoms with Crippen molar-refractivity contribution in [3.8, 4) is 0 Å². The number of halogens is 1. The van der Waals surface area contributed by atoms with Crippen LogP contribution < -0.4 is 10.2 Å². The molecule has 0 fully saturated rings. The third kappa shape index (κ3) is 1.74. The van der Waals surface area contributed by atoms with E-state index in [4.69, 9.17) is 0 Å². The van der Waals surface area contributed by atoms with Crippen LogP contribution in [0.2, 0.25) is 0 Å². The molecule has 0 bridgehead atoms. The van der Waals surface area contributed by atoms with Crippen molar-refractivity contribution in [2.24, 2.45) is 0 Å². The molecule has 2 rings (SSSR count). The zero-order valence-electron chi connectivity index (χ0n) is 8.80. The van der Waals surface area contributed by atoms with Gasteiger partial charge in [-0.05, 0) is 47.5 Å². The third-order valence-corrected chi connectivity index (χ3v) is 3.16. The molecule has 1 amide bonds. The molecule has 1 aliphatic rings.